The minimum absolute atomic E-state index is 0.155. The molecular weight excluding hydrogens is 307 g/mol. The van der Waals surface area contributed by atoms with Crippen molar-refractivity contribution in [2.45, 2.75) is 24.8 Å². The van der Waals surface area contributed by atoms with E-state index in [0.29, 0.717) is 12.1 Å². The highest BCUT2D eigenvalue weighted by Gasteiger charge is 2.33. The van der Waals surface area contributed by atoms with Crippen LogP contribution in [0, 0.1) is 0 Å². The van der Waals surface area contributed by atoms with Gasteiger partial charge >= 0.3 is 12.1 Å². The predicted octanol–water partition coefficient (Wildman–Crippen LogP) is 2.50. The minimum Gasteiger partial charge on any atom is -0.478 e. The molecule has 3 N–H and O–H groups in total. The van der Waals surface area contributed by atoms with E-state index in [9.17, 15) is 28.2 Å². The quantitative estimate of drug-likeness (QED) is 0.423. The average Bonchev–Trinajstić information content (AvgIpc) is 2.44. The second-order valence-electron chi connectivity index (χ2n) is 4.36. The zero-order valence-corrected chi connectivity index (χ0v) is 11.0. The fourth-order valence-electron chi connectivity index (χ4n) is 1.78. The molecule has 1 rings (SSSR count). The summed E-state index contributed by atoms with van der Waals surface area (Å²) < 4.78 is 37.7. The number of halogens is 3. The summed E-state index contributed by atoms with van der Waals surface area (Å²) >= 11 is 0. The van der Waals surface area contributed by atoms with Crippen molar-refractivity contribution in [1.82, 2.24) is 0 Å². The van der Waals surface area contributed by atoms with E-state index in [4.69, 9.17) is 10.6 Å². The van der Waals surface area contributed by atoms with E-state index in [1.54, 1.807) is 0 Å². The molecule has 0 bridgehead atoms. The number of rotatable bonds is 6. The van der Waals surface area contributed by atoms with Gasteiger partial charge < -0.3 is 15.3 Å². The Morgan fingerprint density at radius 1 is 1.36 bits per heavy atom. The van der Waals surface area contributed by atoms with E-state index in [1.807, 2.05) is 0 Å². The van der Waals surface area contributed by atoms with Crippen LogP contribution in [0.5, 0.6) is 0 Å². The van der Waals surface area contributed by atoms with E-state index in [2.05, 4.69) is 10.0 Å². The van der Waals surface area contributed by atoms with Crippen molar-refractivity contribution in [2.75, 3.05) is 6.54 Å². The lowest BCUT2D eigenvalue weighted by atomic mass is 9.95. The van der Waals surface area contributed by atoms with Gasteiger partial charge in [-0.1, -0.05) is 11.2 Å². The summed E-state index contributed by atoms with van der Waals surface area (Å²) in [5.41, 5.74) is 5.80. The standard InChI is InChI=1S/C12H12F3N3O4/c13-12(14,15)6-1-2-7(8(5-6)11(21)22)10(20)9(19)3-4-17-18-16/h1-2,5,9-10,19-20H,3-4H2,(H,21,22). The maximum Gasteiger partial charge on any atom is 0.416 e. The first-order valence-electron chi connectivity index (χ1n) is 6.00. The van der Waals surface area contributed by atoms with Crippen molar-refractivity contribution in [3.63, 3.8) is 0 Å². The van der Waals surface area contributed by atoms with Gasteiger partial charge in [-0.15, -0.1) is 0 Å². The van der Waals surface area contributed by atoms with E-state index in [1.165, 1.54) is 0 Å². The second-order valence-corrected chi connectivity index (χ2v) is 4.36. The van der Waals surface area contributed by atoms with Gasteiger partial charge in [-0.05, 0) is 29.6 Å². The molecular formula is C12H12F3N3O4. The summed E-state index contributed by atoms with van der Waals surface area (Å²) in [5, 5.41) is 31.7. The summed E-state index contributed by atoms with van der Waals surface area (Å²) in [7, 11) is 0. The van der Waals surface area contributed by atoms with Crippen molar-refractivity contribution in [3.05, 3.63) is 45.3 Å². The topological polar surface area (TPSA) is 127 Å². The van der Waals surface area contributed by atoms with E-state index < -0.39 is 35.5 Å². The maximum absolute atomic E-state index is 12.6. The largest absolute Gasteiger partial charge is 0.478 e. The van der Waals surface area contributed by atoms with Gasteiger partial charge in [-0.25, -0.2) is 4.79 Å². The predicted molar refractivity (Wildman–Crippen MR) is 68.0 cm³/mol. The fourth-order valence-corrected chi connectivity index (χ4v) is 1.78. The van der Waals surface area contributed by atoms with Crippen LogP contribution in [0.3, 0.4) is 0 Å². The van der Waals surface area contributed by atoms with Crippen LogP contribution < -0.4 is 0 Å². The Morgan fingerprint density at radius 2 is 2.00 bits per heavy atom. The molecule has 0 aliphatic rings. The van der Waals surface area contributed by atoms with Crippen LogP contribution in [-0.2, 0) is 6.18 Å². The maximum atomic E-state index is 12.6. The lowest BCUT2D eigenvalue weighted by Gasteiger charge is -2.20. The third kappa shape index (κ3) is 4.35. The molecule has 0 saturated carbocycles. The molecule has 10 heteroatoms. The molecule has 0 aromatic heterocycles. The molecule has 0 aliphatic carbocycles. The van der Waals surface area contributed by atoms with E-state index in [0.717, 1.165) is 6.07 Å². The molecule has 2 unspecified atom stereocenters. The molecule has 120 valence electrons. The van der Waals surface area contributed by atoms with Crippen molar-refractivity contribution >= 4 is 5.97 Å². The minimum atomic E-state index is -4.73. The normalized spacial score (nSPS) is 14.0. The molecule has 0 heterocycles. The number of aliphatic hydroxyl groups excluding tert-OH is 2. The van der Waals surface area contributed by atoms with Crippen molar-refractivity contribution in [1.29, 1.82) is 0 Å². The number of alkyl halides is 3. The lowest BCUT2D eigenvalue weighted by molar-refractivity contribution is -0.137. The van der Waals surface area contributed by atoms with Crippen LogP contribution in [0.25, 0.3) is 10.4 Å². The summed E-state index contributed by atoms with van der Waals surface area (Å²) in [5.74, 6) is -1.66. The summed E-state index contributed by atoms with van der Waals surface area (Å²) in [6.45, 7) is -0.155. The third-order valence-corrected chi connectivity index (χ3v) is 2.88. The third-order valence-electron chi connectivity index (χ3n) is 2.88. The number of azide groups is 1. The summed E-state index contributed by atoms with van der Waals surface area (Å²) in [6, 6.07) is 1.81. The summed E-state index contributed by atoms with van der Waals surface area (Å²) in [4.78, 5) is 13.5. The van der Waals surface area contributed by atoms with Crippen LogP contribution in [0.15, 0.2) is 23.3 Å². The second kappa shape index (κ2) is 7.12. The van der Waals surface area contributed by atoms with Crippen LogP contribution in [-0.4, -0.2) is 33.9 Å². The number of carboxylic acids is 1. The SMILES string of the molecule is [N-]=[N+]=NCCC(O)C(O)c1ccc(C(F)(F)F)cc1C(=O)O. The first kappa shape index (κ1) is 17.8. The highest BCUT2D eigenvalue weighted by Crippen LogP contribution is 2.32. The van der Waals surface area contributed by atoms with Crippen LogP contribution in [0.1, 0.15) is 34.0 Å². The first-order valence-corrected chi connectivity index (χ1v) is 6.00. The average molecular weight is 319 g/mol. The van der Waals surface area contributed by atoms with E-state index in [-0.39, 0.29) is 18.5 Å². The lowest BCUT2D eigenvalue weighted by Crippen LogP contribution is -2.22. The molecule has 0 fully saturated rings. The van der Waals surface area contributed by atoms with Crippen LogP contribution in [0.2, 0.25) is 0 Å². The Bertz CT molecular complexity index is 600. The van der Waals surface area contributed by atoms with Crippen LogP contribution in [0.4, 0.5) is 13.2 Å². The Morgan fingerprint density at radius 3 is 2.50 bits per heavy atom. The zero-order valence-electron chi connectivity index (χ0n) is 11.0. The van der Waals surface area contributed by atoms with E-state index >= 15 is 0 Å². The number of hydrogen-bond acceptors (Lipinski definition) is 4. The number of aromatic carboxylic acids is 1. The monoisotopic (exact) mass is 319 g/mol. The van der Waals surface area contributed by atoms with Gasteiger partial charge in [0, 0.05) is 11.5 Å². The molecule has 22 heavy (non-hydrogen) atoms. The Kier molecular flexibility index (Phi) is 5.75. The highest BCUT2D eigenvalue weighted by atomic mass is 19.4. The number of carbonyl (C=O) groups is 1. The number of hydrogen-bond donors (Lipinski definition) is 3. The molecule has 0 spiro atoms. The van der Waals surface area contributed by atoms with Gasteiger partial charge in [0.05, 0.1) is 17.2 Å². The van der Waals surface area contributed by atoms with Gasteiger partial charge in [0.1, 0.15) is 6.10 Å². The van der Waals surface area contributed by atoms with Crippen molar-refractivity contribution in [3.8, 4) is 0 Å². The van der Waals surface area contributed by atoms with Crippen LogP contribution >= 0.6 is 0 Å². The van der Waals surface area contributed by atoms with Gasteiger partial charge in [0.2, 0.25) is 0 Å². The zero-order chi connectivity index (χ0) is 16.9. The first-order chi connectivity index (χ1) is 10.2. The molecule has 1 aromatic rings. The number of aliphatic hydroxyl groups is 2. The molecule has 7 nitrogen and oxygen atoms in total. The number of carboxylic acid groups (broad SMARTS) is 1. The molecule has 0 saturated heterocycles. The van der Waals surface area contributed by atoms with Gasteiger partial charge in [-0.2, -0.15) is 13.2 Å². The molecule has 0 amide bonds. The van der Waals surface area contributed by atoms with Crippen molar-refractivity contribution in [2.24, 2.45) is 5.11 Å². The van der Waals surface area contributed by atoms with Gasteiger partial charge in [-0.3, -0.25) is 0 Å². The highest BCUT2D eigenvalue weighted by molar-refractivity contribution is 5.89. The Hall–Kier alpha value is -2.29. The molecule has 0 radical (unpaired) electrons. The smallest absolute Gasteiger partial charge is 0.416 e. The van der Waals surface area contributed by atoms with Gasteiger partial charge in [0.25, 0.3) is 0 Å². The van der Waals surface area contributed by atoms with Crippen molar-refractivity contribution < 1.29 is 33.3 Å². The Labute approximate surface area is 122 Å². The summed E-state index contributed by atoms with van der Waals surface area (Å²) in [6.07, 6.45) is -8.11. The molecule has 1 aromatic carbocycles. The number of benzene rings is 1. The molecule has 2 atom stereocenters. The molecule has 0 aliphatic heterocycles. The Balaban J connectivity index is 3.12. The van der Waals surface area contributed by atoms with Gasteiger partial charge in [0.15, 0.2) is 0 Å². The number of nitrogens with zero attached hydrogens (tertiary/aromatic N) is 3. The fraction of sp³-hybridized carbons (Fsp3) is 0.417.